The van der Waals surface area contributed by atoms with Crippen molar-refractivity contribution in [1.82, 2.24) is 4.98 Å². The van der Waals surface area contributed by atoms with Crippen LogP contribution in [0.25, 0.3) is 10.9 Å². The molecular formula is C26H31N3O5. The predicted octanol–water partition coefficient (Wildman–Crippen LogP) is 3.94. The average Bonchev–Trinajstić information content (AvgIpc) is 2.87. The van der Waals surface area contributed by atoms with Crippen molar-refractivity contribution in [2.24, 2.45) is 5.92 Å². The van der Waals surface area contributed by atoms with Gasteiger partial charge in [-0.3, -0.25) is 9.59 Å². The molecule has 4 rings (SSSR count). The molecule has 0 radical (unpaired) electrons. The smallest absolute Gasteiger partial charge is 0.310 e. The van der Waals surface area contributed by atoms with Crippen LogP contribution in [0, 0.1) is 5.92 Å². The minimum atomic E-state index is -0.151. The molecule has 0 saturated carbocycles. The van der Waals surface area contributed by atoms with Crippen LogP contribution in [0.4, 0.5) is 11.4 Å². The molecule has 2 N–H and O–H groups in total. The Morgan fingerprint density at radius 3 is 2.56 bits per heavy atom. The third kappa shape index (κ3) is 5.11. The van der Waals surface area contributed by atoms with Crippen LogP contribution < -0.4 is 25.2 Å². The molecule has 1 fully saturated rings. The zero-order chi connectivity index (χ0) is 24.1. The van der Waals surface area contributed by atoms with Gasteiger partial charge in [-0.15, -0.1) is 0 Å². The number of benzene rings is 2. The first kappa shape index (κ1) is 23.5. The number of aromatic amines is 1. The summed E-state index contributed by atoms with van der Waals surface area (Å²) in [5.74, 6) is 0.991. The topological polar surface area (TPSA) is 92.9 Å². The Kier molecular flexibility index (Phi) is 7.25. The summed E-state index contributed by atoms with van der Waals surface area (Å²) in [5.41, 5.74) is 3.15. The van der Waals surface area contributed by atoms with E-state index in [-0.39, 0.29) is 17.4 Å². The highest BCUT2D eigenvalue weighted by atomic mass is 16.5. The number of carbonyl (C=O) groups is 1. The van der Waals surface area contributed by atoms with Crippen LogP contribution in [-0.4, -0.2) is 44.9 Å². The van der Waals surface area contributed by atoms with Crippen molar-refractivity contribution in [2.45, 2.75) is 26.3 Å². The number of carbonyl (C=O) groups excluding carboxylic acids is 1. The van der Waals surface area contributed by atoms with Gasteiger partial charge in [-0.05, 0) is 56.2 Å². The van der Waals surface area contributed by atoms with Crippen molar-refractivity contribution in [3.63, 3.8) is 0 Å². The molecule has 8 heteroatoms. The second-order valence-corrected chi connectivity index (χ2v) is 8.36. The summed E-state index contributed by atoms with van der Waals surface area (Å²) < 4.78 is 15.9. The Bertz CT molecular complexity index is 1210. The minimum Gasteiger partial charge on any atom is -0.493 e. The SMILES string of the molecule is CCOC(=O)[C@@H]1CCCN(c2ccc(NCc3cc4cc(OC)c(OC)cc4[nH]c3=O)cc2)C1. The lowest BCUT2D eigenvalue weighted by Crippen LogP contribution is -2.39. The molecule has 0 unspecified atom stereocenters. The number of hydrogen-bond donors (Lipinski definition) is 2. The van der Waals surface area contributed by atoms with Gasteiger partial charge < -0.3 is 29.4 Å². The molecule has 34 heavy (non-hydrogen) atoms. The van der Waals surface area contributed by atoms with Gasteiger partial charge in [-0.25, -0.2) is 0 Å². The van der Waals surface area contributed by atoms with E-state index in [9.17, 15) is 9.59 Å². The summed E-state index contributed by atoms with van der Waals surface area (Å²) in [6.07, 6.45) is 1.83. The summed E-state index contributed by atoms with van der Waals surface area (Å²) in [4.78, 5) is 29.9. The molecule has 2 aromatic carbocycles. The fourth-order valence-electron chi connectivity index (χ4n) is 4.36. The first-order valence-corrected chi connectivity index (χ1v) is 11.6. The van der Waals surface area contributed by atoms with E-state index in [4.69, 9.17) is 14.2 Å². The number of esters is 1. The van der Waals surface area contributed by atoms with Gasteiger partial charge in [0, 0.05) is 48.0 Å². The highest BCUT2D eigenvalue weighted by Crippen LogP contribution is 2.31. The molecule has 2 heterocycles. The number of piperidine rings is 1. The van der Waals surface area contributed by atoms with Crippen LogP contribution in [0.15, 0.2) is 47.3 Å². The summed E-state index contributed by atoms with van der Waals surface area (Å²) in [7, 11) is 3.15. The molecule has 1 atom stereocenters. The summed E-state index contributed by atoms with van der Waals surface area (Å²) in [5, 5.41) is 4.19. The number of H-pyrrole nitrogens is 1. The van der Waals surface area contributed by atoms with E-state index in [1.165, 1.54) is 0 Å². The Morgan fingerprint density at radius 1 is 1.12 bits per heavy atom. The van der Waals surface area contributed by atoms with E-state index in [2.05, 4.69) is 15.2 Å². The van der Waals surface area contributed by atoms with Crippen molar-refractivity contribution >= 4 is 28.2 Å². The maximum atomic E-state index is 12.6. The van der Waals surface area contributed by atoms with Gasteiger partial charge in [0.1, 0.15) is 0 Å². The molecule has 1 aromatic heterocycles. The van der Waals surface area contributed by atoms with Crippen molar-refractivity contribution < 1.29 is 19.0 Å². The number of pyridine rings is 1. The molecule has 8 nitrogen and oxygen atoms in total. The van der Waals surface area contributed by atoms with Gasteiger partial charge in [-0.2, -0.15) is 0 Å². The lowest BCUT2D eigenvalue weighted by Gasteiger charge is -2.33. The lowest BCUT2D eigenvalue weighted by atomic mass is 9.97. The Morgan fingerprint density at radius 2 is 1.85 bits per heavy atom. The number of hydrogen-bond acceptors (Lipinski definition) is 7. The minimum absolute atomic E-state index is 0.0790. The van der Waals surface area contributed by atoms with E-state index < -0.39 is 0 Å². The first-order chi connectivity index (χ1) is 16.5. The van der Waals surface area contributed by atoms with E-state index in [1.54, 1.807) is 20.3 Å². The second kappa shape index (κ2) is 10.5. The standard InChI is InChI=1S/C26H31N3O5/c1-4-34-26(31)17-6-5-11-29(16-17)21-9-7-20(8-10-21)27-15-19-12-18-13-23(32-2)24(33-3)14-22(18)28-25(19)30/h7-10,12-14,17,27H,4-6,11,15-16H2,1-3H3,(H,28,30)/t17-/m1/s1. The lowest BCUT2D eigenvalue weighted by molar-refractivity contribution is -0.148. The molecule has 0 amide bonds. The molecule has 3 aromatic rings. The van der Waals surface area contributed by atoms with E-state index in [0.717, 1.165) is 36.1 Å². The Labute approximate surface area is 198 Å². The largest absolute Gasteiger partial charge is 0.493 e. The highest BCUT2D eigenvalue weighted by molar-refractivity contribution is 5.83. The fourth-order valence-corrected chi connectivity index (χ4v) is 4.36. The van der Waals surface area contributed by atoms with Gasteiger partial charge in [0.15, 0.2) is 11.5 Å². The van der Waals surface area contributed by atoms with Gasteiger partial charge in [-0.1, -0.05) is 0 Å². The van der Waals surface area contributed by atoms with Crippen LogP contribution in [0.2, 0.25) is 0 Å². The number of nitrogens with zero attached hydrogens (tertiary/aromatic N) is 1. The van der Waals surface area contributed by atoms with E-state index >= 15 is 0 Å². The molecule has 1 aliphatic rings. The predicted molar refractivity (Wildman–Crippen MR) is 133 cm³/mol. The highest BCUT2D eigenvalue weighted by Gasteiger charge is 2.26. The quantitative estimate of drug-likeness (QED) is 0.487. The number of anilines is 2. The molecule has 1 saturated heterocycles. The van der Waals surface area contributed by atoms with Crippen LogP contribution in [0.5, 0.6) is 11.5 Å². The Balaban J connectivity index is 1.43. The van der Waals surface area contributed by atoms with Gasteiger partial charge in [0.2, 0.25) is 0 Å². The second-order valence-electron chi connectivity index (χ2n) is 8.36. The van der Waals surface area contributed by atoms with Crippen LogP contribution in [-0.2, 0) is 16.1 Å². The number of methoxy groups -OCH3 is 2. The molecular weight excluding hydrogens is 434 g/mol. The van der Waals surface area contributed by atoms with Gasteiger partial charge in [0.05, 0.1) is 32.3 Å². The van der Waals surface area contributed by atoms with E-state index in [1.807, 2.05) is 43.3 Å². The van der Waals surface area contributed by atoms with Crippen LogP contribution in [0.3, 0.4) is 0 Å². The van der Waals surface area contributed by atoms with Crippen LogP contribution >= 0.6 is 0 Å². The summed E-state index contributed by atoms with van der Waals surface area (Å²) >= 11 is 0. The van der Waals surface area contributed by atoms with E-state index in [0.29, 0.717) is 42.3 Å². The van der Waals surface area contributed by atoms with Crippen molar-refractivity contribution in [3.05, 3.63) is 58.4 Å². The summed E-state index contributed by atoms with van der Waals surface area (Å²) in [6, 6.07) is 13.5. The monoisotopic (exact) mass is 465 g/mol. The van der Waals surface area contributed by atoms with Gasteiger partial charge >= 0.3 is 5.97 Å². The van der Waals surface area contributed by atoms with Crippen molar-refractivity contribution in [1.29, 1.82) is 0 Å². The van der Waals surface area contributed by atoms with Crippen molar-refractivity contribution in [2.75, 3.05) is 44.1 Å². The van der Waals surface area contributed by atoms with Crippen LogP contribution in [0.1, 0.15) is 25.3 Å². The average molecular weight is 466 g/mol. The third-order valence-electron chi connectivity index (χ3n) is 6.18. The number of fused-ring (bicyclic) bond motifs is 1. The number of ether oxygens (including phenoxy) is 3. The number of nitrogens with one attached hydrogen (secondary N) is 2. The third-order valence-corrected chi connectivity index (χ3v) is 6.18. The maximum absolute atomic E-state index is 12.6. The number of rotatable bonds is 8. The zero-order valence-electron chi connectivity index (χ0n) is 19.8. The molecule has 0 spiro atoms. The first-order valence-electron chi connectivity index (χ1n) is 11.6. The maximum Gasteiger partial charge on any atom is 0.310 e. The zero-order valence-corrected chi connectivity index (χ0v) is 19.8. The molecule has 0 aliphatic carbocycles. The molecule has 180 valence electrons. The summed E-state index contributed by atoms with van der Waals surface area (Å²) in [6.45, 7) is 4.23. The van der Waals surface area contributed by atoms with Crippen molar-refractivity contribution in [3.8, 4) is 11.5 Å². The fraction of sp³-hybridized carbons (Fsp3) is 0.385. The molecule has 1 aliphatic heterocycles. The number of aromatic nitrogens is 1. The molecule has 0 bridgehead atoms. The van der Waals surface area contributed by atoms with Gasteiger partial charge in [0.25, 0.3) is 5.56 Å². The normalized spacial score (nSPS) is 15.7. The Hall–Kier alpha value is -3.68.